The van der Waals surface area contributed by atoms with Crippen LogP contribution in [0.25, 0.3) is 0 Å². The third-order valence-electron chi connectivity index (χ3n) is 4.58. The predicted molar refractivity (Wildman–Crippen MR) is 69.1 cm³/mol. The minimum atomic E-state index is -0.648. The normalized spacial score (nSPS) is 35.9. The zero-order chi connectivity index (χ0) is 13.6. The van der Waals surface area contributed by atoms with Gasteiger partial charge in [0, 0.05) is 12.6 Å². The molecule has 3 atom stereocenters. The van der Waals surface area contributed by atoms with Gasteiger partial charge >= 0.3 is 0 Å². The highest BCUT2D eigenvalue weighted by Gasteiger charge is 2.51. The summed E-state index contributed by atoms with van der Waals surface area (Å²) < 4.78 is 0. The standard InChI is InChI=1S/C14H22N2O3/c1-8-4-11-12(5-8)14(19)16(13(11)18)7-10(17)6-15-9-2-3-9/h8-12,15,17H,2-7H2,1H3. The van der Waals surface area contributed by atoms with E-state index in [0.29, 0.717) is 18.5 Å². The third-order valence-corrected chi connectivity index (χ3v) is 4.58. The molecule has 1 aliphatic heterocycles. The quantitative estimate of drug-likeness (QED) is 0.694. The Morgan fingerprint density at radius 2 is 1.84 bits per heavy atom. The van der Waals surface area contributed by atoms with Gasteiger partial charge in [-0.05, 0) is 31.6 Å². The maximum absolute atomic E-state index is 12.2. The van der Waals surface area contributed by atoms with Crippen molar-refractivity contribution >= 4 is 11.8 Å². The molecule has 0 aromatic rings. The van der Waals surface area contributed by atoms with Gasteiger partial charge in [0.15, 0.2) is 0 Å². The first-order valence-electron chi connectivity index (χ1n) is 7.33. The van der Waals surface area contributed by atoms with Crippen LogP contribution in [0.5, 0.6) is 0 Å². The van der Waals surface area contributed by atoms with E-state index in [0.717, 1.165) is 25.7 Å². The lowest BCUT2D eigenvalue weighted by atomic mass is 10.00. The van der Waals surface area contributed by atoms with Gasteiger partial charge in [-0.15, -0.1) is 0 Å². The lowest BCUT2D eigenvalue weighted by Gasteiger charge is -2.20. The average molecular weight is 266 g/mol. The molecular formula is C14H22N2O3. The minimum absolute atomic E-state index is 0.0650. The van der Waals surface area contributed by atoms with E-state index in [2.05, 4.69) is 12.2 Å². The Labute approximate surface area is 113 Å². The molecule has 0 bridgehead atoms. The fourth-order valence-electron chi connectivity index (χ4n) is 3.39. The topological polar surface area (TPSA) is 69.6 Å². The van der Waals surface area contributed by atoms with Crippen molar-refractivity contribution in [1.29, 1.82) is 0 Å². The van der Waals surface area contributed by atoms with Crippen LogP contribution < -0.4 is 5.32 Å². The van der Waals surface area contributed by atoms with Gasteiger partial charge < -0.3 is 10.4 Å². The number of carbonyl (C=O) groups is 2. The van der Waals surface area contributed by atoms with E-state index in [4.69, 9.17) is 0 Å². The summed E-state index contributed by atoms with van der Waals surface area (Å²) in [7, 11) is 0. The van der Waals surface area contributed by atoms with Crippen molar-refractivity contribution in [1.82, 2.24) is 10.2 Å². The van der Waals surface area contributed by atoms with Crippen LogP contribution in [-0.4, -0.2) is 47.1 Å². The average Bonchev–Trinajstić information content (AvgIpc) is 3.09. The largest absolute Gasteiger partial charge is 0.390 e. The highest BCUT2D eigenvalue weighted by atomic mass is 16.3. The lowest BCUT2D eigenvalue weighted by Crippen LogP contribution is -2.42. The van der Waals surface area contributed by atoms with Gasteiger partial charge in [0.1, 0.15) is 0 Å². The Morgan fingerprint density at radius 1 is 1.26 bits per heavy atom. The second kappa shape index (κ2) is 4.87. The van der Waals surface area contributed by atoms with Crippen molar-refractivity contribution in [3.63, 3.8) is 0 Å². The maximum Gasteiger partial charge on any atom is 0.233 e. The van der Waals surface area contributed by atoms with Crippen LogP contribution in [0.1, 0.15) is 32.6 Å². The van der Waals surface area contributed by atoms with E-state index in [9.17, 15) is 14.7 Å². The molecule has 19 heavy (non-hydrogen) atoms. The van der Waals surface area contributed by atoms with Gasteiger partial charge in [-0.1, -0.05) is 6.92 Å². The lowest BCUT2D eigenvalue weighted by molar-refractivity contribution is -0.142. The van der Waals surface area contributed by atoms with Gasteiger partial charge in [0.05, 0.1) is 24.5 Å². The van der Waals surface area contributed by atoms with Gasteiger partial charge in [-0.3, -0.25) is 14.5 Å². The first kappa shape index (κ1) is 13.1. The number of fused-ring (bicyclic) bond motifs is 1. The number of β-amino-alcohol motifs (C(OH)–C–C–N with tert-alkyl or cyclic N) is 1. The van der Waals surface area contributed by atoms with E-state index in [-0.39, 0.29) is 30.2 Å². The summed E-state index contributed by atoms with van der Waals surface area (Å²) in [6, 6.07) is 0.528. The van der Waals surface area contributed by atoms with E-state index >= 15 is 0 Å². The monoisotopic (exact) mass is 266 g/mol. The molecule has 2 aliphatic carbocycles. The molecule has 2 N–H and O–H groups in total. The molecule has 5 nitrogen and oxygen atoms in total. The number of carbonyl (C=O) groups excluding carboxylic acids is 2. The number of amides is 2. The second-order valence-electron chi connectivity index (χ2n) is 6.41. The van der Waals surface area contributed by atoms with Crippen molar-refractivity contribution in [3.05, 3.63) is 0 Å². The fraction of sp³-hybridized carbons (Fsp3) is 0.857. The van der Waals surface area contributed by atoms with E-state index in [1.807, 2.05) is 0 Å². The van der Waals surface area contributed by atoms with Crippen molar-refractivity contribution in [2.75, 3.05) is 13.1 Å². The van der Waals surface area contributed by atoms with Crippen molar-refractivity contribution < 1.29 is 14.7 Å². The summed E-state index contributed by atoms with van der Waals surface area (Å²) in [4.78, 5) is 25.7. The van der Waals surface area contributed by atoms with Crippen molar-refractivity contribution in [3.8, 4) is 0 Å². The Bertz CT molecular complexity index is 370. The summed E-state index contributed by atoms with van der Waals surface area (Å²) in [5.41, 5.74) is 0. The Morgan fingerprint density at radius 3 is 2.37 bits per heavy atom. The van der Waals surface area contributed by atoms with Crippen molar-refractivity contribution in [2.24, 2.45) is 17.8 Å². The Kier molecular flexibility index (Phi) is 3.35. The SMILES string of the molecule is CC1CC2C(=O)N(CC(O)CNC3CC3)C(=O)C2C1. The van der Waals surface area contributed by atoms with Crippen LogP contribution >= 0.6 is 0 Å². The fourth-order valence-corrected chi connectivity index (χ4v) is 3.39. The van der Waals surface area contributed by atoms with Gasteiger partial charge in [0.2, 0.25) is 11.8 Å². The molecule has 0 spiro atoms. The molecule has 3 aliphatic rings. The van der Waals surface area contributed by atoms with E-state index < -0.39 is 6.10 Å². The number of rotatable bonds is 5. The van der Waals surface area contributed by atoms with Gasteiger partial charge in [-0.25, -0.2) is 0 Å². The molecule has 106 valence electrons. The first-order valence-corrected chi connectivity index (χ1v) is 7.33. The van der Waals surface area contributed by atoms with Crippen LogP contribution in [-0.2, 0) is 9.59 Å². The summed E-state index contributed by atoms with van der Waals surface area (Å²) in [6.45, 7) is 2.71. The molecule has 2 saturated carbocycles. The number of aliphatic hydroxyl groups is 1. The molecule has 0 radical (unpaired) electrons. The number of nitrogens with zero attached hydrogens (tertiary/aromatic N) is 1. The minimum Gasteiger partial charge on any atom is -0.390 e. The Hall–Kier alpha value is -0.940. The molecule has 5 heteroatoms. The van der Waals surface area contributed by atoms with Crippen LogP contribution in [0.3, 0.4) is 0 Å². The van der Waals surface area contributed by atoms with E-state index in [1.165, 1.54) is 4.90 Å². The summed E-state index contributed by atoms with van der Waals surface area (Å²) in [6.07, 6.45) is 3.32. The number of imide groups is 1. The molecule has 0 aromatic carbocycles. The summed E-state index contributed by atoms with van der Waals surface area (Å²) in [5.74, 6) is 0.0957. The molecule has 3 unspecified atom stereocenters. The number of aliphatic hydroxyl groups excluding tert-OH is 1. The number of hydrogen-bond donors (Lipinski definition) is 2. The molecule has 0 aromatic heterocycles. The van der Waals surface area contributed by atoms with Gasteiger partial charge in [-0.2, -0.15) is 0 Å². The number of likely N-dealkylation sites (tertiary alicyclic amines) is 1. The maximum atomic E-state index is 12.2. The zero-order valence-corrected chi connectivity index (χ0v) is 11.3. The van der Waals surface area contributed by atoms with Crippen LogP contribution in [0.15, 0.2) is 0 Å². The van der Waals surface area contributed by atoms with Crippen LogP contribution in [0.2, 0.25) is 0 Å². The number of hydrogen-bond acceptors (Lipinski definition) is 4. The van der Waals surface area contributed by atoms with Crippen molar-refractivity contribution in [2.45, 2.75) is 44.8 Å². The second-order valence-corrected chi connectivity index (χ2v) is 6.41. The zero-order valence-electron chi connectivity index (χ0n) is 11.3. The predicted octanol–water partition coefficient (Wildman–Crippen LogP) is 0.130. The van der Waals surface area contributed by atoms with Crippen LogP contribution in [0, 0.1) is 17.8 Å². The van der Waals surface area contributed by atoms with Crippen LogP contribution in [0.4, 0.5) is 0 Å². The molecule has 1 heterocycles. The molecule has 1 saturated heterocycles. The summed E-state index contributed by atoms with van der Waals surface area (Å²) >= 11 is 0. The summed E-state index contributed by atoms with van der Waals surface area (Å²) in [5, 5.41) is 13.1. The highest BCUT2D eigenvalue weighted by Crippen LogP contribution is 2.42. The molecule has 2 amide bonds. The molecule has 3 fully saturated rings. The highest BCUT2D eigenvalue weighted by molar-refractivity contribution is 6.05. The third kappa shape index (κ3) is 2.54. The first-order chi connectivity index (χ1) is 9.06. The molecular weight excluding hydrogens is 244 g/mol. The number of nitrogens with one attached hydrogen (secondary N) is 1. The Balaban J connectivity index is 1.56. The van der Waals surface area contributed by atoms with Gasteiger partial charge in [0.25, 0.3) is 0 Å². The smallest absolute Gasteiger partial charge is 0.233 e. The van der Waals surface area contributed by atoms with E-state index in [1.54, 1.807) is 0 Å². The molecule has 3 rings (SSSR count).